The fourth-order valence-electron chi connectivity index (χ4n) is 0. The van der Waals surface area contributed by atoms with Gasteiger partial charge in [0.15, 0.2) is 0 Å². The van der Waals surface area contributed by atoms with Gasteiger partial charge in [-0.2, -0.15) is 0 Å². The molecule has 0 fully saturated rings. The van der Waals surface area contributed by atoms with Crippen LogP contribution in [0, 0.1) is 0 Å². The summed E-state index contributed by atoms with van der Waals surface area (Å²) in [4.78, 5) is 8.56. The quantitative estimate of drug-likeness (QED) is 0.367. The van der Waals surface area contributed by atoms with Gasteiger partial charge < -0.3 is 16.4 Å². The van der Waals surface area contributed by atoms with E-state index >= 15 is 0 Å². The average molecular weight is 127 g/mol. The summed E-state index contributed by atoms with van der Waals surface area (Å²) in [6, 6.07) is 0. The van der Waals surface area contributed by atoms with Crippen LogP contribution in [0.3, 0.4) is 0 Å². The molecule has 0 spiro atoms. The molecule has 0 amide bonds. The van der Waals surface area contributed by atoms with E-state index < -0.39 is 6.16 Å². The minimum atomic E-state index is -1.83. The van der Waals surface area contributed by atoms with Gasteiger partial charge in [-0.1, -0.05) is 0 Å². The standard InChI is InChI=1S/CH2O3.H3N.2Na.2H/c2-1(3)4;;;;;/h(H2,2,3,4);1H3;;;;. The van der Waals surface area contributed by atoms with Crippen molar-refractivity contribution in [1.82, 2.24) is 6.15 Å². The summed E-state index contributed by atoms with van der Waals surface area (Å²) >= 11 is 0. The van der Waals surface area contributed by atoms with E-state index in [9.17, 15) is 0 Å². The molecule has 0 unspecified atom stereocenters. The molecule has 0 aliphatic heterocycles. The maximum atomic E-state index is 8.56. The summed E-state index contributed by atoms with van der Waals surface area (Å²) in [7, 11) is 0. The van der Waals surface area contributed by atoms with Crippen molar-refractivity contribution in [2.45, 2.75) is 0 Å². The first-order valence-electron chi connectivity index (χ1n) is 0.651. The zero-order valence-corrected chi connectivity index (χ0v) is 2.51. The van der Waals surface area contributed by atoms with E-state index in [1.54, 1.807) is 0 Å². The van der Waals surface area contributed by atoms with Gasteiger partial charge in [-0.05, 0) is 0 Å². The molecule has 0 aliphatic carbocycles. The van der Waals surface area contributed by atoms with Crippen LogP contribution >= 0.6 is 0 Å². The van der Waals surface area contributed by atoms with Crippen molar-refractivity contribution in [3.8, 4) is 0 Å². The minimum absolute atomic E-state index is 0. The normalized spacial score (nSPS) is 3.43. The Morgan fingerprint density at radius 3 is 1.14 bits per heavy atom. The summed E-state index contributed by atoms with van der Waals surface area (Å²) in [5.74, 6) is 0. The zero-order valence-electron chi connectivity index (χ0n) is 2.51. The first kappa shape index (κ1) is 24.0. The Hall–Kier alpha value is 1.23. The van der Waals surface area contributed by atoms with Crippen molar-refractivity contribution in [3.05, 3.63) is 0 Å². The van der Waals surface area contributed by atoms with E-state index in [2.05, 4.69) is 0 Å². The second-order valence-electron chi connectivity index (χ2n) is 0.283. The van der Waals surface area contributed by atoms with Crippen LogP contribution < -0.4 is 6.15 Å². The summed E-state index contributed by atoms with van der Waals surface area (Å²) in [6.45, 7) is 0. The summed E-state index contributed by atoms with van der Waals surface area (Å²) in [6.07, 6.45) is -1.83. The zero-order chi connectivity index (χ0) is 3.58. The second kappa shape index (κ2) is 15.7. The van der Waals surface area contributed by atoms with Gasteiger partial charge in [0, 0.05) is 0 Å². The molecule has 5 N–H and O–H groups in total. The van der Waals surface area contributed by atoms with Crippen LogP contribution in [0.15, 0.2) is 0 Å². The van der Waals surface area contributed by atoms with Gasteiger partial charge in [-0.15, -0.1) is 0 Å². The fraction of sp³-hybridized carbons (Fsp3) is 0. The van der Waals surface area contributed by atoms with Crippen molar-refractivity contribution >= 4 is 65.3 Å². The molecule has 0 radical (unpaired) electrons. The molecule has 0 aromatic carbocycles. The molecule has 0 aromatic heterocycles. The Morgan fingerprint density at radius 1 is 1.14 bits per heavy atom. The molecular formula is CH7NNa2O3. The molecule has 0 saturated heterocycles. The summed E-state index contributed by atoms with van der Waals surface area (Å²) in [5.41, 5.74) is 0. The molecule has 0 bridgehead atoms. The van der Waals surface area contributed by atoms with E-state index in [4.69, 9.17) is 15.0 Å². The Balaban J connectivity index is -0.0000000150. The molecule has 0 aromatic rings. The molecule has 36 valence electrons. The molecule has 0 aliphatic rings. The van der Waals surface area contributed by atoms with Crippen LogP contribution in [-0.2, 0) is 0 Å². The van der Waals surface area contributed by atoms with E-state index in [1.165, 1.54) is 0 Å². The van der Waals surface area contributed by atoms with E-state index in [0.717, 1.165) is 0 Å². The number of hydrogen-bond acceptors (Lipinski definition) is 2. The topological polar surface area (TPSA) is 92.5 Å². The summed E-state index contributed by atoms with van der Waals surface area (Å²) in [5, 5.41) is 13.9. The third-order valence-electron chi connectivity index (χ3n) is 0. The van der Waals surface area contributed by atoms with E-state index in [-0.39, 0.29) is 65.3 Å². The third-order valence-corrected chi connectivity index (χ3v) is 0. The fourth-order valence-corrected chi connectivity index (χ4v) is 0. The van der Waals surface area contributed by atoms with Crippen molar-refractivity contribution in [1.29, 1.82) is 0 Å². The van der Waals surface area contributed by atoms with Crippen LogP contribution in [0.25, 0.3) is 0 Å². The van der Waals surface area contributed by atoms with Gasteiger partial charge in [0.2, 0.25) is 0 Å². The number of rotatable bonds is 0. The van der Waals surface area contributed by atoms with Crippen molar-refractivity contribution in [2.75, 3.05) is 0 Å². The predicted octanol–water partition coefficient (Wildman–Crippen LogP) is -0.913. The van der Waals surface area contributed by atoms with Crippen LogP contribution in [0.1, 0.15) is 0 Å². The van der Waals surface area contributed by atoms with Gasteiger partial charge in [-0.3, -0.25) is 0 Å². The van der Waals surface area contributed by atoms with Crippen molar-refractivity contribution < 1.29 is 15.0 Å². The van der Waals surface area contributed by atoms with Gasteiger partial charge in [0.1, 0.15) is 0 Å². The molecule has 0 atom stereocenters. The molecule has 0 rings (SSSR count). The molecule has 0 heterocycles. The molecule has 0 saturated carbocycles. The Bertz CT molecular complexity index is 35.9. The van der Waals surface area contributed by atoms with Crippen LogP contribution in [-0.4, -0.2) is 75.5 Å². The molecular weight excluding hydrogens is 120 g/mol. The Kier molecular flexibility index (Phi) is 53.9. The third kappa shape index (κ3) is 131. The van der Waals surface area contributed by atoms with Gasteiger partial charge in [-0.25, -0.2) is 4.79 Å². The number of carboxylic acid groups (broad SMARTS) is 2. The SMILES string of the molecule is N.O=C(O)O.[NaH].[NaH]. The summed E-state index contributed by atoms with van der Waals surface area (Å²) < 4.78 is 0. The first-order chi connectivity index (χ1) is 1.73. The predicted molar refractivity (Wildman–Crippen MR) is 30.0 cm³/mol. The van der Waals surface area contributed by atoms with Gasteiger partial charge in [0.05, 0.1) is 0 Å². The molecule has 4 nitrogen and oxygen atoms in total. The van der Waals surface area contributed by atoms with Crippen molar-refractivity contribution in [3.63, 3.8) is 0 Å². The monoisotopic (exact) mass is 127 g/mol. The van der Waals surface area contributed by atoms with Gasteiger partial charge in [0.25, 0.3) is 0 Å². The van der Waals surface area contributed by atoms with Gasteiger partial charge >= 0.3 is 65.3 Å². The average Bonchev–Trinajstić information content (AvgIpc) is 0.811. The maximum absolute atomic E-state index is 8.56. The van der Waals surface area contributed by atoms with Crippen molar-refractivity contribution in [2.24, 2.45) is 0 Å². The van der Waals surface area contributed by atoms with E-state index in [0.29, 0.717) is 0 Å². The van der Waals surface area contributed by atoms with Crippen LogP contribution in [0.4, 0.5) is 4.79 Å². The first-order valence-corrected chi connectivity index (χ1v) is 0.651. The second-order valence-corrected chi connectivity index (χ2v) is 0.283. The Morgan fingerprint density at radius 2 is 1.14 bits per heavy atom. The number of carbonyl (C=O) groups is 1. The number of hydrogen-bond donors (Lipinski definition) is 3. The van der Waals surface area contributed by atoms with Crippen LogP contribution in [0.5, 0.6) is 0 Å². The van der Waals surface area contributed by atoms with Crippen LogP contribution in [0.2, 0.25) is 0 Å². The molecule has 7 heavy (non-hydrogen) atoms. The Labute approximate surface area is 85.5 Å². The van der Waals surface area contributed by atoms with E-state index in [1.807, 2.05) is 0 Å². The molecule has 6 heteroatoms.